The lowest BCUT2D eigenvalue weighted by molar-refractivity contribution is 0.306. The van der Waals surface area contributed by atoms with Crippen LogP contribution in [0.4, 0.5) is 0 Å². The molecule has 0 bridgehead atoms. The molecule has 3 heteroatoms. The van der Waals surface area contributed by atoms with Crippen LogP contribution in [0.3, 0.4) is 0 Å². The molecule has 0 fully saturated rings. The lowest BCUT2D eigenvalue weighted by Gasteiger charge is -2.07. The van der Waals surface area contributed by atoms with E-state index in [0.717, 1.165) is 33.6 Å². The number of nitrogens with one attached hydrogen (secondary N) is 1. The number of ether oxygens (including phenoxy) is 1. The molecule has 112 valence electrons. The fourth-order valence-electron chi connectivity index (χ4n) is 2.61. The molecule has 0 unspecified atom stereocenters. The highest BCUT2D eigenvalue weighted by Crippen LogP contribution is 2.26. The van der Waals surface area contributed by atoms with Crippen LogP contribution < -0.4 is 4.74 Å². The Hall–Kier alpha value is -3.07. The Bertz CT molecular complexity index is 895. The molecular formula is C20H16N2O. The first-order valence-corrected chi connectivity index (χ1v) is 7.59. The molecule has 0 aliphatic carbocycles. The van der Waals surface area contributed by atoms with Crippen LogP contribution in [0.25, 0.3) is 22.3 Å². The van der Waals surface area contributed by atoms with Crippen LogP contribution in [0.5, 0.6) is 5.75 Å². The van der Waals surface area contributed by atoms with E-state index in [1.54, 1.807) is 6.20 Å². The maximum absolute atomic E-state index is 5.90. The number of pyridine rings is 1. The maximum Gasteiger partial charge on any atom is 0.137 e. The van der Waals surface area contributed by atoms with E-state index in [2.05, 4.69) is 40.3 Å². The van der Waals surface area contributed by atoms with Gasteiger partial charge in [0.15, 0.2) is 0 Å². The van der Waals surface area contributed by atoms with Gasteiger partial charge in [-0.3, -0.25) is 0 Å². The second kappa shape index (κ2) is 5.97. The molecule has 3 nitrogen and oxygen atoms in total. The van der Waals surface area contributed by atoms with E-state index in [0.29, 0.717) is 6.61 Å². The van der Waals surface area contributed by atoms with Gasteiger partial charge in [-0.25, -0.2) is 4.98 Å². The zero-order valence-electron chi connectivity index (χ0n) is 12.6. The number of fused-ring (bicyclic) bond motifs is 1. The lowest BCUT2D eigenvalue weighted by atomic mass is 10.1. The molecule has 4 rings (SSSR count). The third-order valence-corrected chi connectivity index (χ3v) is 3.79. The minimum absolute atomic E-state index is 0.568. The molecule has 1 N–H and O–H groups in total. The summed E-state index contributed by atoms with van der Waals surface area (Å²) in [6.07, 6.45) is 1.79. The number of nitrogens with zero attached hydrogens (tertiary/aromatic N) is 1. The van der Waals surface area contributed by atoms with Gasteiger partial charge in [-0.1, -0.05) is 42.5 Å². The highest BCUT2D eigenvalue weighted by molar-refractivity contribution is 5.83. The quantitative estimate of drug-likeness (QED) is 0.587. The van der Waals surface area contributed by atoms with Crippen molar-refractivity contribution in [3.05, 3.63) is 84.6 Å². The van der Waals surface area contributed by atoms with Crippen molar-refractivity contribution in [2.45, 2.75) is 6.61 Å². The Morgan fingerprint density at radius 2 is 1.78 bits per heavy atom. The van der Waals surface area contributed by atoms with Gasteiger partial charge in [0, 0.05) is 22.8 Å². The largest absolute Gasteiger partial charge is 0.489 e. The third kappa shape index (κ3) is 2.94. The molecule has 0 aliphatic rings. The van der Waals surface area contributed by atoms with Gasteiger partial charge >= 0.3 is 0 Å². The van der Waals surface area contributed by atoms with E-state index < -0.39 is 0 Å². The van der Waals surface area contributed by atoms with E-state index in [1.807, 2.05) is 42.5 Å². The highest BCUT2D eigenvalue weighted by atomic mass is 16.5. The highest BCUT2D eigenvalue weighted by Gasteiger charge is 2.05. The van der Waals surface area contributed by atoms with Gasteiger partial charge in [0.25, 0.3) is 0 Å². The van der Waals surface area contributed by atoms with Gasteiger partial charge < -0.3 is 9.72 Å². The third-order valence-electron chi connectivity index (χ3n) is 3.79. The summed E-state index contributed by atoms with van der Waals surface area (Å²) in [6, 6.07) is 24.4. The van der Waals surface area contributed by atoms with Crippen LogP contribution in [0.15, 0.2) is 79.0 Å². The Morgan fingerprint density at radius 3 is 2.65 bits per heavy atom. The smallest absolute Gasteiger partial charge is 0.137 e. The van der Waals surface area contributed by atoms with Crippen LogP contribution in [0, 0.1) is 0 Å². The number of aromatic amines is 1. The zero-order valence-corrected chi connectivity index (χ0v) is 12.6. The summed E-state index contributed by atoms with van der Waals surface area (Å²) in [6.45, 7) is 0.568. The van der Waals surface area contributed by atoms with Gasteiger partial charge in [-0.05, 0) is 35.9 Å². The van der Waals surface area contributed by atoms with Gasteiger partial charge in [-0.15, -0.1) is 0 Å². The Kier molecular flexibility index (Phi) is 3.53. The Morgan fingerprint density at radius 1 is 0.870 bits per heavy atom. The van der Waals surface area contributed by atoms with E-state index >= 15 is 0 Å². The first kappa shape index (κ1) is 13.6. The van der Waals surface area contributed by atoms with Crippen molar-refractivity contribution >= 4 is 11.0 Å². The van der Waals surface area contributed by atoms with Crippen molar-refractivity contribution in [3.8, 4) is 17.0 Å². The molecule has 2 aromatic heterocycles. The minimum Gasteiger partial charge on any atom is -0.489 e. The van der Waals surface area contributed by atoms with Crippen molar-refractivity contribution in [3.63, 3.8) is 0 Å². The van der Waals surface area contributed by atoms with Crippen LogP contribution in [0.1, 0.15) is 5.56 Å². The van der Waals surface area contributed by atoms with Crippen LogP contribution in [0.2, 0.25) is 0 Å². The van der Waals surface area contributed by atoms with Gasteiger partial charge in [0.1, 0.15) is 18.0 Å². The average Bonchev–Trinajstić information content (AvgIpc) is 3.05. The molecule has 4 aromatic rings. The van der Waals surface area contributed by atoms with Crippen LogP contribution in [-0.2, 0) is 6.61 Å². The fraction of sp³-hybridized carbons (Fsp3) is 0.0500. The maximum atomic E-state index is 5.90. The molecule has 0 saturated carbocycles. The molecule has 0 radical (unpaired) electrons. The SMILES string of the molecule is c1ccc(COc2cccc(-c3cc4cccnc4[nH]3)c2)cc1. The second-order valence-electron chi connectivity index (χ2n) is 5.43. The summed E-state index contributed by atoms with van der Waals surface area (Å²) in [5.41, 5.74) is 4.20. The standard InChI is InChI=1S/C20H16N2O/c1-2-6-15(7-3-1)14-23-18-10-4-8-16(12-18)19-13-17-9-5-11-21-20(17)22-19/h1-13H,14H2,(H,21,22). The van der Waals surface area contributed by atoms with Crippen molar-refractivity contribution in [1.29, 1.82) is 0 Å². The Labute approximate surface area is 134 Å². The molecule has 2 heterocycles. The summed E-state index contributed by atoms with van der Waals surface area (Å²) in [7, 11) is 0. The number of rotatable bonds is 4. The normalized spacial score (nSPS) is 10.8. The number of aromatic nitrogens is 2. The van der Waals surface area contributed by atoms with E-state index in [-0.39, 0.29) is 0 Å². The monoisotopic (exact) mass is 300 g/mol. The second-order valence-corrected chi connectivity index (χ2v) is 5.43. The average molecular weight is 300 g/mol. The molecule has 0 spiro atoms. The number of benzene rings is 2. The van der Waals surface area contributed by atoms with Crippen molar-refractivity contribution < 1.29 is 4.74 Å². The molecular weight excluding hydrogens is 284 g/mol. The zero-order chi connectivity index (χ0) is 15.5. The van der Waals surface area contributed by atoms with Crippen LogP contribution in [-0.4, -0.2) is 9.97 Å². The molecule has 0 saturated heterocycles. The number of H-pyrrole nitrogens is 1. The van der Waals surface area contributed by atoms with Gasteiger partial charge in [0.2, 0.25) is 0 Å². The van der Waals surface area contributed by atoms with Crippen LogP contribution >= 0.6 is 0 Å². The van der Waals surface area contributed by atoms with Crippen molar-refractivity contribution in [1.82, 2.24) is 9.97 Å². The summed E-state index contributed by atoms with van der Waals surface area (Å²) < 4.78 is 5.90. The first-order valence-electron chi connectivity index (χ1n) is 7.59. The number of hydrogen-bond acceptors (Lipinski definition) is 2. The summed E-state index contributed by atoms with van der Waals surface area (Å²) in [5, 5.41) is 1.11. The molecule has 23 heavy (non-hydrogen) atoms. The summed E-state index contributed by atoms with van der Waals surface area (Å²) in [4.78, 5) is 7.69. The topological polar surface area (TPSA) is 37.9 Å². The predicted octanol–water partition coefficient (Wildman–Crippen LogP) is 4.81. The molecule has 2 aromatic carbocycles. The Balaban J connectivity index is 1.58. The molecule has 0 aliphatic heterocycles. The van der Waals surface area contributed by atoms with E-state index in [1.165, 1.54) is 0 Å². The van der Waals surface area contributed by atoms with Crippen molar-refractivity contribution in [2.24, 2.45) is 0 Å². The molecule has 0 amide bonds. The lowest BCUT2D eigenvalue weighted by Crippen LogP contribution is -1.95. The van der Waals surface area contributed by atoms with Gasteiger partial charge in [-0.2, -0.15) is 0 Å². The van der Waals surface area contributed by atoms with Gasteiger partial charge in [0.05, 0.1) is 0 Å². The summed E-state index contributed by atoms with van der Waals surface area (Å²) in [5.74, 6) is 0.859. The van der Waals surface area contributed by atoms with E-state index in [4.69, 9.17) is 4.74 Å². The summed E-state index contributed by atoms with van der Waals surface area (Å²) >= 11 is 0. The number of hydrogen-bond donors (Lipinski definition) is 1. The minimum atomic E-state index is 0.568. The molecule has 0 atom stereocenters. The predicted molar refractivity (Wildman–Crippen MR) is 92.3 cm³/mol. The fourth-order valence-corrected chi connectivity index (χ4v) is 2.61. The van der Waals surface area contributed by atoms with E-state index in [9.17, 15) is 0 Å². The van der Waals surface area contributed by atoms with Crippen molar-refractivity contribution in [2.75, 3.05) is 0 Å². The first-order chi connectivity index (χ1) is 11.4.